The van der Waals surface area contributed by atoms with Crippen molar-refractivity contribution in [3.63, 3.8) is 0 Å². The van der Waals surface area contributed by atoms with Gasteiger partial charge in [0.15, 0.2) is 0 Å². The average molecular weight is 506 g/mol. The second-order valence-electron chi connectivity index (χ2n) is 9.00. The molecular formula is C27H27N3O3S2. The molecule has 0 spiro atoms. The van der Waals surface area contributed by atoms with E-state index in [-0.39, 0.29) is 17.4 Å². The van der Waals surface area contributed by atoms with E-state index in [1.165, 1.54) is 11.8 Å². The van der Waals surface area contributed by atoms with Crippen molar-refractivity contribution in [1.29, 1.82) is 0 Å². The Morgan fingerprint density at radius 3 is 2.66 bits per heavy atom. The summed E-state index contributed by atoms with van der Waals surface area (Å²) in [6, 6.07) is 22.6. The summed E-state index contributed by atoms with van der Waals surface area (Å²) in [4.78, 5) is 28.0. The Balaban J connectivity index is 1.34. The number of thioether (sulfide) groups is 1. The molecule has 35 heavy (non-hydrogen) atoms. The van der Waals surface area contributed by atoms with Gasteiger partial charge in [0.1, 0.15) is 15.3 Å². The number of amides is 1. The van der Waals surface area contributed by atoms with Gasteiger partial charge >= 0.3 is 0 Å². The van der Waals surface area contributed by atoms with Crippen LogP contribution in [0.1, 0.15) is 28.8 Å². The summed E-state index contributed by atoms with van der Waals surface area (Å²) in [5, 5.41) is 2.53. The highest BCUT2D eigenvalue weighted by Gasteiger charge is 2.36. The van der Waals surface area contributed by atoms with Crippen molar-refractivity contribution in [3.05, 3.63) is 94.4 Å². The zero-order chi connectivity index (χ0) is 24.4. The van der Waals surface area contributed by atoms with E-state index in [4.69, 9.17) is 17.0 Å². The van der Waals surface area contributed by atoms with Gasteiger partial charge in [0.2, 0.25) is 5.91 Å². The fraction of sp³-hybridized carbons (Fsp3) is 0.296. The molecule has 3 aromatic rings. The number of nitrogens with zero attached hydrogens (tertiary/aromatic N) is 2. The molecule has 8 heteroatoms. The molecule has 3 heterocycles. The number of thiocarbonyl (C=S) groups is 1. The lowest BCUT2D eigenvalue weighted by Crippen LogP contribution is -2.48. The molecule has 1 saturated heterocycles. The SMILES string of the molecule is COc1cccc(NC(=O)[C@H](SC(=S)N2C[C@H]3C[C@@H](C2)c2cccc(=O)n2C3)c2ccccc2)c1. The molecule has 0 unspecified atom stereocenters. The number of aromatic nitrogens is 1. The molecule has 0 radical (unpaired) electrons. The van der Waals surface area contributed by atoms with Crippen LogP contribution in [0.25, 0.3) is 0 Å². The van der Waals surface area contributed by atoms with E-state index in [9.17, 15) is 9.59 Å². The van der Waals surface area contributed by atoms with Gasteiger partial charge in [-0.1, -0.05) is 66.4 Å². The first-order valence-electron chi connectivity index (χ1n) is 11.7. The predicted molar refractivity (Wildman–Crippen MR) is 144 cm³/mol. The molecule has 1 fully saturated rings. The van der Waals surface area contributed by atoms with E-state index in [0.717, 1.165) is 30.8 Å². The van der Waals surface area contributed by atoms with Crippen molar-refractivity contribution in [2.45, 2.75) is 24.1 Å². The van der Waals surface area contributed by atoms with Gasteiger partial charge in [0.05, 0.1) is 7.11 Å². The number of benzene rings is 2. The quantitative estimate of drug-likeness (QED) is 0.509. The van der Waals surface area contributed by atoms with Crippen molar-refractivity contribution in [2.24, 2.45) is 5.92 Å². The van der Waals surface area contributed by atoms with Crippen molar-refractivity contribution < 1.29 is 9.53 Å². The Bertz CT molecular complexity index is 1290. The van der Waals surface area contributed by atoms with Gasteiger partial charge < -0.3 is 19.5 Å². The van der Waals surface area contributed by atoms with E-state index in [2.05, 4.69) is 16.3 Å². The summed E-state index contributed by atoms with van der Waals surface area (Å²) in [6.45, 7) is 2.26. The zero-order valence-electron chi connectivity index (χ0n) is 19.4. The minimum absolute atomic E-state index is 0.0703. The van der Waals surface area contributed by atoms with Crippen LogP contribution in [0.3, 0.4) is 0 Å². The Morgan fingerprint density at radius 2 is 1.86 bits per heavy atom. The first kappa shape index (κ1) is 23.6. The number of methoxy groups -OCH3 is 1. The molecule has 5 rings (SSSR count). The molecule has 1 N–H and O–H groups in total. The minimum Gasteiger partial charge on any atom is -0.497 e. The van der Waals surface area contributed by atoms with Crippen LogP contribution in [-0.2, 0) is 11.3 Å². The highest BCUT2D eigenvalue weighted by atomic mass is 32.2. The van der Waals surface area contributed by atoms with Crippen LogP contribution in [0.4, 0.5) is 5.69 Å². The highest BCUT2D eigenvalue weighted by Crippen LogP contribution is 2.39. The van der Waals surface area contributed by atoms with E-state index >= 15 is 0 Å². The summed E-state index contributed by atoms with van der Waals surface area (Å²) >= 11 is 7.31. The van der Waals surface area contributed by atoms with Crippen molar-refractivity contribution >= 4 is 39.9 Å². The van der Waals surface area contributed by atoms with Gasteiger partial charge in [-0.15, -0.1) is 0 Å². The van der Waals surface area contributed by atoms with Crippen LogP contribution in [0, 0.1) is 5.92 Å². The van der Waals surface area contributed by atoms with Gasteiger partial charge in [0, 0.05) is 49.1 Å². The molecule has 180 valence electrons. The number of anilines is 1. The maximum Gasteiger partial charge on any atom is 0.250 e. The third-order valence-corrected chi connectivity index (χ3v) is 8.36. The molecule has 0 saturated carbocycles. The average Bonchev–Trinajstić information content (AvgIpc) is 2.88. The van der Waals surface area contributed by atoms with E-state index < -0.39 is 5.25 Å². The van der Waals surface area contributed by atoms with Crippen LogP contribution in [0.2, 0.25) is 0 Å². The summed E-state index contributed by atoms with van der Waals surface area (Å²) in [7, 11) is 1.60. The molecule has 0 aliphatic carbocycles. The topological polar surface area (TPSA) is 63.6 Å². The first-order chi connectivity index (χ1) is 17.0. The van der Waals surface area contributed by atoms with Gasteiger partial charge in [-0.05, 0) is 36.1 Å². The third-order valence-electron chi connectivity index (χ3n) is 6.63. The lowest BCUT2D eigenvalue weighted by molar-refractivity contribution is -0.115. The fourth-order valence-corrected chi connectivity index (χ4v) is 6.43. The predicted octanol–water partition coefficient (Wildman–Crippen LogP) is 4.67. The number of piperidine rings is 1. The van der Waals surface area contributed by atoms with E-state index in [1.807, 2.05) is 59.2 Å². The molecule has 2 bridgehead atoms. The number of carbonyl (C=O) groups is 1. The molecule has 3 atom stereocenters. The number of carbonyl (C=O) groups excluding carboxylic acids is 1. The van der Waals surface area contributed by atoms with E-state index in [1.54, 1.807) is 19.2 Å². The van der Waals surface area contributed by atoms with Crippen LogP contribution in [-0.4, -0.2) is 39.9 Å². The van der Waals surface area contributed by atoms with Crippen molar-refractivity contribution in [3.8, 4) is 5.75 Å². The number of nitrogens with one attached hydrogen (secondary N) is 1. The Hall–Kier alpha value is -3.10. The molecule has 2 aliphatic rings. The van der Waals surface area contributed by atoms with Gasteiger partial charge in [0.25, 0.3) is 5.56 Å². The molecule has 1 amide bonds. The van der Waals surface area contributed by atoms with Gasteiger partial charge in [-0.3, -0.25) is 9.59 Å². The van der Waals surface area contributed by atoms with E-state index in [0.29, 0.717) is 28.2 Å². The second-order valence-corrected chi connectivity index (χ2v) is 10.7. The number of fused-ring (bicyclic) bond motifs is 4. The monoisotopic (exact) mass is 505 g/mol. The number of hydrogen-bond acceptors (Lipinski definition) is 5. The van der Waals surface area contributed by atoms with Crippen LogP contribution >= 0.6 is 24.0 Å². The zero-order valence-corrected chi connectivity index (χ0v) is 21.1. The highest BCUT2D eigenvalue weighted by molar-refractivity contribution is 8.23. The molecule has 6 nitrogen and oxygen atoms in total. The number of likely N-dealkylation sites (tertiary alicyclic amines) is 1. The smallest absolute Gasteiger partial charge is 0.250 e. The first-order valence-corrected chi connectivity index (χ1v) is 13.0. The van der Waals surface area contributed by atoms with Crippen molar-refractivity contribution in [2.75, 3.05) is 25.5 Å². The lowest BCUT2D eigenvalue weighted by atomic mass is 9.83. The van der Waals surface area contributed by atoms with Crippen molar-refractivity contribution in [1.82, 2.24) is 9.47 Å². The molecule has 1 aromatic heterocycles. The summed E-state index contributed by atoms with van der Waals surface area (Å²) in [6.07, 6.45) is 1.06. The van der Waals surface area contributed by atoms with Gasteiger partial charge in [-0.25, -0.2) is 0 Å². The van der Waals surface area contributed by atoms with Crippen LogP contribution in [0.5, 0.6) is 5.75 Å². The maximum atomic E-state index is 13.4. The third kappa shape index (κ3) is 5.13. The summed E-state index contributed by atoms with van der Waals surface area (Å²) in [5.41, 5.74) is 2.73. The summed E-state index contributed by atoms with van der Waals surface area (Å²) < 4.78 is 7.92. The number of pyridine rings is 1. The minimum atomic E-state index is -0.494. The van der Waals surface area contributed by atoms with Crippen LogP contribution < -0.4 is 15.6 Å². The Morgan fingerprint density at radius 1 is 1.06 bits per heavy atom. The standard InChI is InChI=1S/C27H27N3O3S2/c1-33-22-10-5-9-21(14-22)28-26(32)25(19-7-3-2-4-8-19)35-27(34)29-15-18-13-20(17-29)23-11-6-12-24(31)30(23)16-18/h2-12,14,18,20,25H,13,15-17H2,1H3,(H,28,32)/t18-,20+,25-/m1/s1. The maximum absolute atomic E-state index is 13.4. The number of rotatable bonds is 5. The number of hydrogen-bond donors (Lipinski definition) is 1. The normalized spacial score (nSPS) is 19.4. The largest absolute Gasteiger partial charge is 0.497 e. The molecular weight excluding hydrogens is 478 g/mol. The Labute approximate surface area is 214 Å². The molecule has 2 aromatic carbocycles. The summed E-state index contributed by atoms with van der Waals surface area (Å²) in [5.74, 6) is 1.17. The fourth-order valence-electron chi connectivity index (χ4n) is 5.03. The van der Waals surface area contributed by atoms with Crippen LogP contribution in [0.15, 0.2) is 77.6 Å². The van der Waals surface area contributed by atoms with Gasteiger partial charge in [-0.2, -0.15) is 0 Å². The molecule has 2 aliphatic heterocycles. The Kier molecular flexibility index (Phi) is 6.92. The second kappa shape index (κ2) is 10.3. The number of ether oxygens (including phenoxy) is 1. The lowest BCUT2D eigenvalue weighted by Gasteiger charge is -2.43.